The molecule has 0 fully saturated rings. The van der Waals surface area contributed by atoms with E-state index in [1.807, 2.05) is 30.3 Å². The summed E-state index contributed by atoms with van der Waals surface area (Å²) in [5, 5.41) is 3.12. The highest BCUT2D eigenvalue weighted by atomic mass is 79.9. The first-order chi connectivity index (χ1) is 9.80. The van der Waals surface area contributed by atoms with Crippen LogP contribution in [-0.2, 0) is 0 Å². The lowest BCUT2D eigenvalue weighted by Gasteiger charge is -2.13. The van der Waals surface area contributed by atoms with E-state index in [1.54, 1.807) is 14.2 Å². The normalized spacial score (nSPS) is 10.6. The first-order valence-electron chi connectivity index (χ1n) is 6.63. The second-order valence-electron chi connectivity index (χ2n) is 4.43. The molecule has 0 atom stereocenters. The lowest BCUT2D eigenvalue weighted by molar-refractivity contribution is 0.290. The Balaban J connectivity index is 2.27. The number of hydrogen-bond donors (Lipinski definition) is 0. The summed E-state index contributed by atoms with van der Waals surface area (Å²) in [6.45, 7) is 0.698. The van der Waals surface area contributed by atoms with E-state index in [4.69, 9.17) is 14.2 Å². The Hall–Kier alpha value is -1.42. The SMILES string of the molecule is COc1ccc2c(OC)c(OCCCCBr)ccc2c1. The van der Waals surface area contributed by atoms with Gasteiger partial charge in [-0.05, 0) is 42.5 Å². The van der Waals surface area contributed by atoms with Crippen LogP contribution in [0.25, 0.3) is 10.8 Å². The van der Waals surface area contributed by atoms with E-state index in [9.17, 15) is 0 Å². The van der Waals surface area contributed by atoms with Crippen LogP contribution in [0.3, 0.4) is 0 Å². The van der Waals surface area contributed by atoms with Crippen LogP contribution in [0.2, 0.25) is 0 Å². The zero-order valence-corrected chi connectivity index (χ0v) is 13.4. The molecule has 4 heteroatoms. The maximum atomic E-state index is 5.82. The second kappa shape index (κ2) is 7.39. The molecule has 0 radical (unpaired) electrons. The third kappa shape index (κ3) is 3.37. The van der Waals surface area contributed by atoms with Gasteiger partial charge in [0.2, 0.25) is 0 Å². The topological polar surface area (TPSA) is 27.7 Å². The average Bonchev–Trinajstić information content (AvgIpc) is 2.50. The molecule has 0 N–H and O–H groups in total. The van der Waals surface area contributed by atoms with Gasteiger partial charge in [0.25, 0.3) is 0 Å². The second-order valence-corrected chi connectivity index (χ2v) is 5.22. The number of halogens is 1. The van der Waals surface area contributed by atoms with E-state index in [0.29, 0.717) is 6.61 Å². The minimum Gasteiger partial charge on any atom is -0.497 e. The van der Waals surface area contributed by atoms with Crippen molar-refractivity contribution in [2.24, 2.45) is 0 Å². The Morgan fingerprint density at radius 3 is 2.55 bits per heavy atom. The number of benzene rings is 2. The molecule has 0 aliphatic carbocycles. The fourth-order valence-electron chi connectivity index (χ4n) is 2.09. The summed E-state index contributed by atoms with van der Waals surface area (Å²) in [6, 6.07) is 9.90. The highest BCUT2D eigenvalue weighted by molar-refractivity contribution is 9.09. The number of fused-ring (bicyclic) bond motifs is 1. The largest absolute Gasteiger partial charge is 0.497 e. The number of methoxy groups -OCH3 is 2. The summed E-state index contributed by atoms with van der Waals surface area (Å²) in [4.78, 5) is 0. The summed E-state index contributed by atoms with van der Waals surface area (Å²) in [7, 11) is 3.34. The van der Waals surface area contributed by atoms with Crippen molar-refractivity contribution in [1.29, 1.82) is 0 Å². The molecule has 2 aromatic carbocycles. The van der Waals surface area contributed by atoms with Crippen LogP contribution in [0.1, 0.15) is 12.8 Å². The average molecular weight is 339 g/mol. The molecule has 0 aliphatic heterocycles. The van der Waals surface area contributed by atoms with Crippen molar-refractivity contribution in [3.8, 4) is 17.2 Å². The van der Waals surface area contributed by atoms with Crippen molar-refractivity contribution >= 4 is 26.7 Å². The number of unbranched alkanes of at least 4 members (excludes halogenated alkanes) is 1. The van der Waals surface area contributed by atoms with Gasteiger partial charge in [-0.2, -0.15) is 0 Å². The molecule has 0 heterocycles. The Kier molecular flexibility index (Phi) is 5.53. The predicted molar refractivity (Wildman–Crippen MR) is 85.6 cm³/mol. The minimum absolute atomic E-state index is 0.698. The molecule has 20 heavy (non-hydrogen) atoms. The van der Waals surface area contributed by atoms with E-state index in [1.165, 1.54) is 0 Å². The summed E-state index contributed by atoms with van der Waals surface area (Å²) in [5.41, 5.74) is 0. The molecule has 0 bridgehead atoms. The molecule has 0 unspecified atom stereocenters. The summed E-state index contributed by atoms with van der Waals surface area (Å²) in [6.07, 6.45) is 2.13. The molecule has 108 valence electrons. The standard InChI is InChI=1S/C16H19BrO3/c1-18-13-6-7-14-12(11-13)5-8-15(16(14)19-2)20-10-4-3-9-17/h5-8,11H,3-4,9-10H2,1-2H3. The highest BCUT2D eigenvalue weighted by Crippen LogP contribution is 2.37. The van der Waals surface area contributed by atoms with Crippen LogP contribution in [-0.4, -0.2) is 26.2 Å². The zero-order chi connectivity index (χ0) is 14.4. The van der Waals surface area contributed by atoms with Crippen molar-refractivity contribution in [2.75, 3.05) is 26.2 Å². The summed E-state index contributed by atoms with van der Waals surface area (Å²) in [5.74, 6) is 2.41. The highest BCUT2D eigenvalue weighted by Gasteiger charge is 2.10. The molecule has 2 aromatic rings. The van der Waals surface area contributed by atoms with Crippen molar-refractivity contribution in [1.82, 2.24) is 0 Å². The smallest absolute Gasteiger partial charge is 0.168 e. The molecule has 0 amide bonds. The monoisotopic (exact) mass is 338 g/mol. The van der Waals surface area contributed by atoms with E-state index in [0.717, 1.165) is 46.2 Å². The zero-order valence-electron chi connectivity index (χ0n) is 11.8. The number of alkyl halides is 1. The van der Waals surface area contributed by atoms with Crippen molar-refractivity contribution in [2.45, 2.75) is 12.8 Å². The number of ether oxygens (including phenoxy) is 3. The van der Waals surface area contributed by atoms with Gasteiger partial charge in [0.05, 0.1) is 20.8 Å². The van der Waals surface area contributed by atoms with Crippen LogP contribution in [0.4, 0.5) is 0 Å². The fraction of sp³-hybridized carbons (Fsp3) is 0.375. The van der Waals surface area contributed by atoms with Gasteiger partial charge in [0.1, 0.15) is 5.75 Å². The molecule has 0 saturated carbocycles. The first kappa shape index (κ1) is 15.0. The van der Waals surface area contributed by atoms with Crippen LogP contribution < -0.4 is 14.2 Å². The number of rotatable bonds is 7. The van der Waals surface area contributed by atoms with E-state index >= 15 is 0 Å². The third-order valence-corrected chi connectivity index (χ3v) is 3.69. The van der Waals surface area contributed by atoms with E-state index in [-0.39, 0.29) is 0 Å². The van der Waals surface area contributed by atoms with E-state index < -0.39 is 0 Å². The van der Waals surface area contributed by atoms with Crippen molar-refractivity contribution in [3.05, 3.63) is 30.3 Å². The maximum absolute atomic E-state index is 5.82. The minimum atomic E-state index is 0.698. The summed E-state index contributed by atoms with van der Waals surface area (Å²) < 4.78 is 16.6. The Labute approximate surface area is 128 Å². The lowest BCUT2D eigenvalue weighted by Crippen LogP contribution is -2.00. The predicted octanol–water partition coefficient (Wildman–Crippen LogP) is 4.41. The van der Waals surface area contributed by atoms with Crippen LogP contribution >= 0.6 is 15.9 Å². The van der Waals surface area contributed by atoms with Gasteiger partial charge >= 0.3 is 0 Å². The number of hydrogen-bond acceptors (Lipinski definition) is 3. The molecular formula is C16H19BrO3. The van der Waals surface area contributed by atoms with Gasteiger partial charge in [-0.1, -0.05) is 22.0 Å². The molecular weight excluding hydrogens is 320 g/mol. The molecule has 0 saturated heterocycles. The fourth-order valence-corrected chi connectivity index (χ4v) is 2.49. The van der Waals surface area contributed by atoms with Gasteiger partial charge in [-0.3, -0.25) is 0 Å². The van der Waals surface area contributed by atoms with Crippen molar-refractivity contribution in [3.63, 3.8) is 0 Å². The summed E-state index contributed by atoms with van der Waals surface area (Å²) >= 11 is 3.42. The molecule has 3 nitrogen and oxygen atoms in total. The van der Waals surface area contributed by atoms with Gasteiger partial charge in [-0.25, -0.2) is 0 Å². The third-order valence-electron chi connectivity index (χ3n) is 3.13. The van der Waals surface area contributed by atoms with Crippen LogP contribution in [0.5, 0.6) is 17.2 Å². The van der Waals surface area contributed by atoms with Crippen LogP contribution in [0.15, 0.2) is 30.3 Å². The first-order valence-corrected chi connectivity index (χ1v) is 7.75. The Bertz CT molecular complexity index is 569. The lowest BCUT2D eigenvalue weighted by atomic mass is 10.1. The van der Waals surface area contributed by atoms with Gasteiger partial charge < -0.3 is 14.2 Å². The van der Waals surface area contributed by atoms with Crippen molar-refractivity contribution < 1.29 is 14.2 Å². The van der Waals surface area contributed by atoms with Gasteiger partial charge in [0.15, 0.2) is 11.5 Å². The molecule has 0 aromatic heterocycles. The quantitative estimate of drug-likeness (QED) is 0.552. The van der Waals surface area contributed by atoms with Gasteiger partial charge in [0, 0.05) is 10.7 Å². The molecule has 2 rings (SSSR count). The van der Waals surface area contributed by atoms with Crippen LogP contribution in [0, 0.1) is 0 Å². The molecule has 0 spiro atoms. The maximum Gasteiger partial charge on any atom is 0.168 e. The van der Waals surface area contributed by atoms with Gasteiger partial charge in [-0.15, -0.1) is 0 Å². The van der Waals surface area contributed by atoms with E-state index in [2.05, 4.69) is 15.9 Å². The Morgan fingerprint density at radius 1 is 1.00 bits per heavy atom. The Morgan fingerprint density at radius 2 is 1.85 bits per heavy atom. The molecule has 0 aliphatic rings.